The first-order valence-corrected chi connectivity index (χ1v) is 13.0. The van der Waals surface area contributed by atoms with Crippen LogP contribution in [0.2, 0.25) is 10.0 Å². The number of anilines is 2. The molecule has 3 aromatic carbocycles. The minimum absolute atomic E-state index is 0.308. The number of carbonyl (C=O) groups excluding carboxylic acids is 1. The summed E-state index contributed by atoms with van der Waals surface area (Å²) in [5, 5.41) is 4.79. The molecule has 1 unspecified atom stereocenters. The Hall–Kier alpha value is -2.93. The van der Waals surface area contributed by atoms with Crippen LogP contribution >= 0.6 is 23.2 Å². The van der Waals surface area contributed by atoms with Crippen molar-refractivity contribution in [2.75, 3.05) is 21.9 Å². The molecule has 1 aliphatic heterocycles. The van der Waals surface area contributed by atoms with Crippen molar-refractivity contribution in [1.82, 2.24) is 4.98 Å². The summed E-state index contributed by atoms with van der Waals surface area (Å²) in [5.41, 5.74) is 3.99. The monoisotopic (exact) mass is 509 g/mol. The van der Waals surface area contributed by atoms with Crippen molar-refractivity contribution in [3.8, 4) is 11.3 Å². The van der Waals surface area contributed by atoms with Crippen molar-refractivity contribution in [3.05, 3.63) is 88.4 Å². The summed E-state index contributed by atoms with van der Waals surface area (Å²) in [7, 11) is -1.06. The Morgan fingerprint density at radius 2 is 1.79 bits per heavy atom. The van der Waals surface area contributed by atoms with E-state index in [2.05, 4.69) is 5.32 Å². The third-order valence-corrected chi connectivity index (χ3v) is 7.93. The fraction of sp³-hybridized carbons (Fsp3) is 0.154. The van der Waals surface area contributed by atoms with E-state index < -0.39 is 11.0 Å². The Bertz CT molecular complexity index is 1430. The molecular weight excluding hydrogens is 489 g/mol. The summed E-state index contributed by atoms with van der Waals surface area (Å²) in [6.45, 7) is 0.713. The van der Waals surface area contributed by atoms with Crippen molar-refractivity contribution < 1.29 is 9.00 Å². The molecule has 1 saturated heterocycles. The van der Waals surface area contributed by atoms with Gasteiger partial charge in [-0.05, 0) is 61.4 Å². The fourth-order valence-corrected chi connectivity index (χ4v) is 5.82. The van der Waals surface area contributed by atoms with E-state index in [1.807, 2.05) is 40.7 Å². The Morgan fingerprint density at radius 1 is 0.941 bits per heavy atom. The molecule has 2 heterocycles. The number of benzene rings is 3. The van der Waals surface area contributed by atoms with Crippen LogP contribution in [0.4, 0.5) is 11.4 Å². The van der Waals surface area contributed by atoms with Crippen LogP contribution in [-0.4, -0.2) is 27.4 Å². The number of amides is 1. The molecule has 0 bridgehead atoms. The molecular formula is C26H21Cl2N3O2S. The molecule has 0 saturated carbocycles. The minimum Gasteiger partial charge on any atom is -0.322 e. The number of pyridine rings is 1. The number of fused-ring (bicyclic) bond motifs is 1. The lowest BCUT2D eigenvalue weighted by atomic mass is 10.1. The van der Waals surface area contributed by atoms with E-state index in [1.54, 1.807) is 36.4 Å². The highest BCUT2D eigenvalue weighted by Crippen LogP contribution is 2.32. The molecule has 1 aliphatic rings. The van der Waals surface area contributed by atoms with Crippen LogP contribution in [0, 0.1) is 0 Å². The fourth-order valence-electron chi connectivity index (χ4n) is 4.00. The first kappa shape index (κ1) is 22.8. The number of carbonyl (C=O) groups is 1. The maximum Gasteiger partial charge on any atom is 0.257 e. The Labute approximate surface area is 210 Å². The molecule has 1 aromatic heterocycles. The van der Waals surface area contributed by atoms with Gasteiger partial charge in [-0.3, -0.25) is 9.10 Å². The predicted octanol–water partition coefficient (Wildman–Crippen LogP) is 6.72. The Morgan fingerprint density at radius 3 is 2.62 bits per heavy atom. The van der Waals surface area contributed by atoms with E-state index in [-0.39, 0.29) is 5.91 Å². The maximum atomic E-state index is 13.0. The minimum atomic E-state index is -1.06. The van der Waals surface area contributed by atoms with Crippen molar-refractivity contribution in [1.29, 1.82) is 0 Å². The lowest BCUT2D eigenvalue weighted by Crippen LogP contribution is -2.33. The second-order valence-electron chi connectivity index (χ2n) is 8.04. The quantitative estimate of drug-likeness (QED) is 0.331. The number of nitrogens with zero attached hydrogens (tertiary/aromatic N) is 2. The van der Waals surface area contributed by atoms with Crippen LogP contribution in [0.3, 0.4) is 0 Å². The van der Waals surface area contributed by atoms with Gasteiger partial charge >= 0.3 is 0 Å². The highest BCUT2D eigenvalue weighted by Gasteiger charge is 2.20. The SMILES string of the molecule is O=C(Nc1ccc(Cl)c(-c2ccc3ccccc3n2)c1)c1ccc(N2CCCCS2=O)cc1Cl. The van der Waals surface area contributed by atoms with E-state index in [1.165, 1.54) is 0 Å². The average Bonchev–Trinajstić information content (AvgIpc) is 2.85. The summed E-state index contributed by atoms with van der Waals surface area (Å²) >= 11 is 12.9. The molecule has 1 atom stereocenters. The van der Waals surface area contributed by atoms with Crippen LogP contribution < -0.4 is 9.62 Å². The van der Waals surface area contributed by atoms with Crippen molar-refractivity contribution in [2.24, 2.45) is 0 Å². The molecule has 172 valence electrons. The van der Waals surface area contributed by atoms with E-state index in [4.69, 9.17) is 28.2 Å². The van der Waals surface area contributed by atoms with Crippen LogP contribution in [0.25, 0.3) is 22.2 Å². The van der Waals surface area contributed by atoms with Crippen LogP contribution in [0.5, 0.6) is 0 Å². The zero-order chi connectivity index (χ0) is 23.7. The van der Waals surface area contributed by atoms with E-state index >= 15 is 0 Å². The second-order valence-corrected chi connectivity index (χ2v) is 10.3. The number of halogens is 2. The largest absolute Gasteiger partial charge is 0.322 e. The standard InChI is InChI=1S/C26H21Cl2N3O2S/c27-22-11-8-18(15-21(22)25-12-7-17-5-1-2-6-24(17)30-25)29-26(32)20-10-9-19(16-23(20)28)31-13-3-4-14-34(31)33/h1-2,5-12,15-16H,3-4,13-14H2,(H,29,32). The van der Waals surface area contributed by atoms with Crippen molar-refractivity contribution in [3.63, 3.8) is 0 Å². The maximum absolute atomic E-state index is 13.0. The van der Waals surface area contributed by atoms with Crippen molar-refractivity contribution in [2.45, 2.75) is 12.8 Å². The van der Waals surface area contributed by atoms with Crippen LogP contribution in [0.1, 0.15) is 23.2 Å². The predicted molar refractivity (Wildman–Crippen MR) is 141 cm³/mol. The lowest BCUT2D eigenvalue weighted by molar-refractivity contribution is 0.102. The number of para-hydroxylation sites is 1. The van der Waals surface area contributed by atoms with Gasteiger partial charge in [0, 0.05) is 28.9 Å². The van der Waals surface area contributed by atoms with Gasteiger partial charge < -0.3 is 5.32 Å². The summed E-state index contributed by atoms with van der Waals surface area (Å²) in [6, 6.07) is 22.2. The molecule has 5 nitrogen and oxygen atoms in total. The lowest BCUT2D eigenvalue weighted by Gasteiger charge is -2.27. The highest BCUT2D eigenvalue weighted by atomic mass is 35.5. The summed E-state index contributed by atoms with van der Waals surface area (Å²) in [6.07, 6.45) is 1.94. The summed E-state index contributed by atoms with van der Waals surface area (Å²) in [4.78, 5) is 17.7. The second kappa shape index (κ2) is 9.74. The molecule has 1 fully saturated rings. The first-order chi connectivity index (χ1) is 16.5. The third kappa shape index (κ3) is 4.67. The average molecular weight is 510 g/mol. The number of rotatable bonds is 4. The molecule has 0 radical (unpaired) electrons. The highest BCUT2D eigenvalue weighted by molar-refractivity contribution is 7.86. The van der Waals surface area contributed by atoms with Gasteiger partial charge in [0.25, 0.3) is 5.91 Å². The zero-order valence-corrected chi connectivity index (χ0v) is 20.5. The zero-order valence-electron chi connectivity index (χ0n) is 18.1. The molecule has 5 rings (SSSR count). The normalized spacial score (nSPS) is 15.9. The summed E-state index contributed by atoms with van der Waals surface area (Å²) < 4.78 is 14.1. The van der Waals surface area contributed by atoms with Gasteiger partial charge in [-0.2, -0.15) is 0 Å². The van der Waals surface area contributed by atoms with Crippen LogP contribution in [0.15, 0.2) is 72.8 Å². The Balaban J connectivity index is 1.39. The first-order valence-electron chi connectivity index (χ1n) is 10.9. The molecule has 34 heavy (non-hydrogen) atoms. The van der Waals surface area contributed by atoms with Gasteiger partial charge in [0.1, 0.15) is 11.0 Å². The third-order valence-electron chi connectivity index (χ3n) is 5.76. The van der Waals surface area contributed by atoms with E-state index in [0.717, 1.165) is 40.7 Å². The molecule has 1 N–H and O–H groups in total. The van der Waals surface area contributed by atoms with Gasteiger partial charge in [-0.25, -0.2) is 9.19 Å². The number of nitrogens with one attached hydrogen (secondary N) is 1. The van der Waals surface area contributed by atoms with Gasteiger partial charge in [0.05, 0.1) is 32.5 Å². The molecule has 1 amide bonds. The van der Waals surface area contributed by atoms with E-state index in [9.17, 15) is 9.00 Å². The van der Waals surface area contributed by atoms with E-state index in [0.29, 0.717) is 33.6 Å². The summed E-state index contributed by atoms with van der Waals surface area (Å²) in [5.74, 6) is 0.307. The number of hydrogen-bond acceptors (Lipinski definition) is 3. The van der Waals surface area contributed by atoms with Gasteiger partial charge in [-0.15, -0.1) is 0 Å². The molecule has 8 heteroatoms. The van der Waals surface area contributed by atoms with Crippen LogP contribution in [-0.2, 0) is 11.0 Å². The smallest absolute Gasteiger partial charge is 0.257 e. The molecule has 0 aliphatic carbocycles. The molecule has 0 spiro atoms. The molecule has 4 aromatic rings. The number of aromatic nitrogens is 1. The Kier molecular flexibility index (Phi) is 6.55. The topological polar surface area (TPSA) is 62.3 Å². The van der Waals surface area contributed by atoms with Gasteiger partial charge in [0.15, 0.2) is 0 Å². The van der Waals surface area contributed by atoms with Gasteiger partial charge in [0.2, 0.25) is 0 Å². The van der Waals surface area contributed by atoms with Crippen molar-refractivity contribution >= 4 is 62.4 Å². The number of hydrogen-bond donors (Lipinski definition) is 1. The van der Waals surface area contributed by atoms with Gasteiger partial charge in [-0.1, -0.05) is 47.5 Å².